The molecule has 1 saturated carbocycles. The van der Waals surface area contributed by atoms with E-state index in [1.807, 2.05) is 0 Å². The van der Waals surface area contributed by atoms with E-state index in [-0.39, 0.29) is 0 Å². The van der Waals surface area contributed by atoms with E-state index in [0.717, 1.165) is 12.0 Å². The zero-order chi connectivity index (χ0) is 9.19. The van der Waals surface area contributed by atoms with Gasteiger partial charge in [-0.25, -0.2) is 0 Å². The second-order valence-electron chi connectivity index (χ2n) is 5.36. The van der Waals surface area contributed by atoms with E-state index >= 15 is 0 Å². The second-order valence-corrected chi connectivity index (χ2v) is 10.2. The zero-order valence-electron chi connectivity index (χ0n) is 8.98. The SMILES string of the molecule is CC1CCCC(N[Si](C)(C)C)C1. The summed E-state index contributed by atoms with van der Waals surface area (Å²) in [4.78, 5) is 3.83. The van der Waals surface area contributed by atoms with Crippen molar-refractivity contribution in [3.63, 3.8) is 0 Å². The maximum Gasteiger partial charge on any atom is 0.116 e. The molecule has 2 unspecified atom stereocenters. The third-order valence-electron chi connectivity index (χ3n) is 2.57. The lowest BCUT2D eigenvalue weighted by Gasteiger charge is -2.32. The average molecular weight is 185 g/mol. The van der Waals surface area contributed by atoms with Crippen molar-refractivity contribution in [1.82, 2.24) is 4.98 Å². The molecule has 1 rings (SSSR count). The monoisotopic (exact) mass is 185 g/mol. The van der Waals surface area contributed by atoms with Crippen LogP contribution in [0.25, 0.3) is 0 Å². The third-order valence-corrected chi connectivity index (χ3v) is 3.85. The molecular weight excluding hydrogens is 162 g/mol. The molecule has 0 spiro atoms. The lowest BCUT2D eigenvalue weighted by atomic mass is 9.88. The Morgan fingerprint density at radius 1 is 1.17 bits per heavy atom. The highest BCUT2D eigenvalue weighted by Gasteiger charge is 2.23. The van der Waals surface area contributed by atoms with E-state index < -0.39 is 8.24 Å². The highest BCUT2D eigenvalue weighted by molar-refractivity contribution is 6.73. The Balaban J connectivity index is 2.32. The fourth-order valence-corrected chi connectivity index (χ4v) is 3.66. The molecule has 0 radical (unpaired) electrons. The average Bonchev–Trinajstić information content (AvgIpc) is 1.82. The molecule has 1 N–H and O–H groups in total. The van der Waals surface area contributed by atoms with Crippen molar-refractivity contribution in [3.05, 3.63) is 0 Å². The minimum atomic E-state index is -1.02. The van der Waals surface area contributed by atoms with E-state index in [9.17, 15) is 0 Å². The van der Waals surface area contributed by atoms with E-state index in [1.165, 1.54) is 25.7 Å². The van der Waals surface area contributed by atoms with Crippen LogP contribution >= 0.6 is 0 Å². The van der Waals surface area contributed by atoms with Gasteiger partial charge in [0.05, 0.1) is 0 Å². The molecule has 0 aromatic carbocycles. The van der Waals surface area contributed by atoms with Gasteiger partial charge in [-0.05, 0) is 18.8 Å². The smallest absolute Gasteiger partial charge is 0.116 e. The van der Waals surface area contributed by atoms with Crippen LogP contribution in [0.1, 0.15) is 32.6 Å². The Hall–Kier alpha value is 0.177. The molecule has 0 amide bonds. The van der Waals surface area contributed by atoms with Gasteiger partial charge >= 0.3 is 0 Å². The van der Waals surface area contributed by atoms with Gasteiger partial charge in [0, 0.05) is 6.04 Å². The van der Waals surface area contributed by atoms with Gasteiger partial charge in [0.15, 0.2) is 0 Å². The first-order chi connectivity index (χ1) is 5.47. The van der Waals surface area contributed by atoms with Gasteiger partial charge in [0.25, 0.3) is 0 Å². The van der Waals surface area contributed by atoms with E-state index in [0.29, 0.717) is 0 Å². The molecule has 0 bridgehead atoms. The molecule has 0 aromatic rings. The van der Waals surface area contributed by atoms with E-state index in [4.69, 9.17) is 0 Å². The Bertz CT molecular complexity index is 139. The maximum atomic E-state index is 3.83. The van der Waals surface area contributed by atoms with E-state index in [2.05, 4.69) is 31.5 Å². The summed E-state index contributed by atoms with van der Waals surface area (Å²) in [7, 11) is -1.02. The molecule has 72 valence electrons. The molecule has 0 saturated heterocycles. The summed E-state index contributed by atoms with van der Waals surface area (Å²) in [6.45, 7) is 9.57. The van der Waals surface area contributed by atoms with Crippen LogP contribution in [0.15, 0.2) is 0 Å². The predicted molar refractivity (Wildman–Crippen MR) is 57.9 cm³/mol. The molecule has 1 aliphatic rings. The molecule has 2 heteroatoms. The lowest BCUT2D eigenvalue weighted by Crippen LogP contribution is -2.49. The van der Waals surface area contributed by atoms with Gasteiger partial charge < -0.3 is 4.98 Å². The Morgan fingerprint density at radius 2 is 1.83 bits per heavy atom. The van der Waals surface area contributed by atoms with Crippen molar-refractivity contribution in [2.75, 3.05) is 0 Å². The molecule has 1 nitrogen and oxygen atoms in total. The van der Waals surface area contributed by atoms with Crippen LogP contribution in [0.2, 0.25) is 19.6 Å². The van der Waals surface area contributed by atoms with Crippen molar-refractivity contribution < 1.29 is 0 Å². The first-order valence-electron chi connectivity index (χ1n) is 5.25. The topological polar surface area (TPSA) is 12.0 Å². The number of rotatable bonds is 2. The summed E-state index contributed by atoms with van der Waals surface area (Å²) in [5, 5.41) is 0. The van der Waals surface area contributed by atoms with Gasteiger partial charge in [-0.15, -0.1) is 0 Å². The maximum absolute atomic E-state index is 3.83. The molecule has 0 heterocycles. The summed E-state index contributed by atoms with van der Waals surface area (Å²) in [6.07, 6.45) is 5.70. The fraction of sp³-hybridized carbons (Fsp3) is 1.00. The Kier molecular flexibility index (Phi) is 3.35. The summed E-state index contributed by atoms with van der Waals surface area (Å²) < 4.78 is 0. The van der Waals surface area contributed by atoms with Gasteiger partial charge in [0.1, 0.15) is 8.24 Å². The lowest BCUT2D eigenvalue weighted by molar-refractivity contribution is 0.327. The van der Waals surface area contributed by atoms with Crippen LogP contribution in [0.5, 0.6) is 0 Å². The summed E-state index contributed by atoms with van der Waals surface area (Å²) in [5.41, 5.74) is 0. The standard InChI is InChI=1S/C10H23NSi/c1-9-6-5-7-10(8-9)11-12(2,3)4/h9-11H,5-8H2,1-4H3. The van der Waals surface area contributed by atoms with Crippen molar-refractivity contribution in [2.24, 2.45) is 5.92 Å². The van der Waals surface area contributed by atoms with Crippen LogP contribution in [0.4, 0.5) is 0 Å². The third kappa shape index (κ3) is 3.72. The van der Waals surface area contributed by atoms with Crippen molar-refractivity contribution in [3.8, 4) is 0 Å². The molecule has 1 aliphatic carbocycles. The fourth-order valence-electron chi connectivity index (χ4n) is 2.18. The van der Waals surface area contributed by atoms with Gasteiger partial charge in [-0.1, -0.05) is 39.4 Å². The predicted octanol–water partition coefficient (Wildman–Crippen LogP) is 2.99. The molecule has 2 atom stereocenters. The van der Waals surface area contributed by atoms with Gasteiger partial charge in [-0.3, -0.25) is 0 Å². The first kappa shape index (κ1) is 10.3. The zero-order valence-corrected chi connectivity index (χ0v) is 9.98. The Labute approximate surface area is 78.0 Å². The Morgan fingerprint density at radius 3 is 2.33 bits per heavy atom. The van der Waals surface area contributed by atoms with Crippen LogP contribution in [0.3, 0.4) is 0 Å². The van der Waals surface area contributed by atoms with Gasteiger partial charge in [0.2, 0.25) is 0 Å². The molecule has 1 fully saturated rings. The quantitative estimate of drug-likeness (QED) is 0.652. The normalized spacial score (nSPS) is 32.0. The van der Waals surface area contributed by atoms with Crippen molar-refractivity contribution in [2.45, 2.75) is 58.3 Å². The molecule has 0 aromatic heterocycles. The van der Waals surface area contributed by atoms with Gasteiger partial charge in [-0.2, -0.15) is 0 Å². The minimum Gasteiger partial charge on any atom is -0.335 e. The summed E-state index contributed by atoms with van der Waals surface area (Å²) in [5.74, 6) is 0.951. The molecule has 0 aliphatic heterocycles. The van der Waals surface area contributed by atoms with Crippen LogP contribution in [-0.2, 0) is 0 Å². The molecule has 12 heavy (non-hydrogen) atoms. The largest absolute Gasteiger partial charge is 0.335 e. The van der Waals surface area contributed by atoms with Crippen LogP contribution < -0.4 is 4.98 Å². The van der Waals surface area contributed by atoms with Crippen LogP contribution in [0, 0.1) is 5.92 Å². The molecular formula is C10H23NSi. The van der Waals surface area contributed by atoms with Crippen molar-refractivity contribution >= 4 is 8.24 Å². The number of nitrogens with one attached hydrogen (secondary N) is 1. The number of hydrogen-bond acceptors (Lipinski definition) is 1. The summed E-state index contributed by atoms with van der Waals surface area (Å²) in [6, 6.07) is 0.834. The first-order valence-corrected chi connectivity index (χ1v) is 8.75. The van der Waals surface area contributed by atoms with Crippen molar-refractivity contribution in [1.29, 1.82) is 0 Å². The van der Waals surface area contributed by atoms with E-state index in [1.54, 1.807) is 0 Å². The van der Waals surface area contributed by atoms with Crippen LogP contribution in [-0.4, -0.2) is 14.3 Å². The number of hydrogen-bond donors (Lipinski definition) is 1. The second kappa shape index (κ2) is 3.92. The highest BCUT2D eigenvalue weighted by Crippen LogP contribution is 2.24. The highest BCUT2D eigenvalue weighted by atomic mass is 28.3. The summed E-state index contributed by atoms with van der Waals surface area (Å²) >= 11 is 0. The minimum absolute atomic E-state index is 0.834.